The fraction of sp³-hybridized carbons (Fsp3) is 0.400. The minimum Gasteiger partial charge on any atom is -0.486 e. The predicted molar refractivity (Wildman–Crippen MR) is 77.7 cm³/mol. The number of benzene rings is 1. The van der Waals surface area contributed by atoms with Crippen LogP contribution in [0.25, 0.3) is 0 Å². The van der Waals surface area contributed by atoms with Crippen molar-refractivity contribution in [1.82, 2.24) is 4.98 Å². The first-order valence-electron chi connectivity index (χ1n) is 6.73. The fourth-order valence-electron chi connectivity index (χ4n) is 2.46. The zero-order valence-corrected chi connectivity index (χ0v) is 11.7. The number of thiazole rings is 1. The van der Waals surface area contributed by atoms with Gasteiger partial charge in [-0.25, -0.2) is 4.98 Å². The zero-order chi connectivity index (χ0) is 13.1. The first-order valence-corrected chi connectivity index (χ1v) is 7.61. The summed E-state index contributed by atoms with van der Waals surface area (Å²) in [6, 6.07) is 6.44. The molecule has 1 aliphatic rings. The van der Waals surface area contributed by atoms with Crippen LogP contribution in [0.3, 0.4) is 0 Å². The molecular formula is C15H18N2OS. The van der Waals surface area contributed by atoms with E-state index in [0.717, 1.165) is 22.9 Å². The summed E-state index contributed by atoms with van der Waals surface area (Å²) < 4.78 is 5.83. The number of rotatable bonds is 5. The molecule has 0 radical (unpaired) electrons. The molecule has 3 nitrogen and oxygen atoms in total. The monoisotopic (exact) mass is 274 g/mol. The molecule has 1 heterocycles. The Morgan fingerprint density at radius 2 is 2.16 bits per heavy atom. The predicted octanol–water partition coefficient (Wildman–Crippen LogP) is 2.71. The molecule has 0 aliphatic heterocycles. The van der Waals surface area contributed by atoms with Crippen LogP contribution in [-0.2, 0) is 25.9 Å². The number of nitrogens with two attached hydrogens (primary N) is 1. The van der Waals surface area contributed by atoms with Crippen LogP contribution in [0.5, 0.6) is 5.75 Å². The molecule has 4 heteroatoms. The number of ether oxygens (including phenoxy) is 1. The highest BCUT2D eigenvalue weighted by atomic mass is 32.1. The Kier molecular flexibility index (Phi) is 3.80. The number of hydrogen-bond acceptors (Lipinski definition) is 4. The molecule has 19 heavy (non-hydrogen) atoms. The Morgan fingerprint density at radius 3 is 3.05 bits per heavy atom. The number of nitrogens with zero attached hydrogens (tertiary/aromatic N) is 1. The van der Waals surface area contributed by atoms with Crippen molar-refractivity contribution in [2.24, 2.45) is 5.73 Å². The number of aromatic nitrogens is 1. The van der Waals surface area contributed by atoms with E-state index in [9.17, 15) is 0 Å². The lowest BCUT2D eigenvalue weighted by Gasteiger charge is -2.06. The summed E-state index contributed by atoms with van der Waals surface area (Å²) in [6.45, 7) is 1.20. The van der Waals surface area contributed by atoms with E-state index in [1.807, 2.05) is 0 Å². The van der Waals surface area contributed by atoms with E-state index in [-0.39, 0.29) is 0 Å². The van der Waals surface area contributed by atoms with E-state index in [0.29, 0.717) is 13.2 Å². The standard InChI is InChI=1S/C15H18N2OS/c16-7-6-13-10-19-15(17-13)9-18-14-5-4-11-2-1-3-12(11)8-14/h4-5,8,10H,1-3,6-7,9,16H2. The first kappa shape index (κ1) is 12.6. The van der Waals surface area contributed by atoms with E-state index >= 15 is 0 Å². The van der Waals surface area contributed by atoms with Crippen LogP contribution in [0.2, 0.25) is 0 Å². The molecule has 0 spiro atoms. The van der Waals surface area contributed by atoms with E-state index in [2.05, 4.69) is 28.6 Å². The van der Waals surface area contributed by atoms with Crippen molar-refractivity contribution in [2.75, 3.05) is 6.54 Å². The Labute approximate surface area is 117 Å². The van der Waals surface area contributed by atoms with Gasteiger partial charge in [-0.05, 0) is 49.1 Å². The van der Waals surface area contributed by atoms with Gasteiger partial charge >= 0.3 is 0 Å². The summed E-state index contributed by atoms with van der Waals surface area (Å²) in [5.41, 5.74) is 9.51. The van der Waals surface area contributed by atoms with Crippen molar-refractivity contribution in [3.05, 3.63) is 45.4 Å². The lowest BCUT2D eigenvalue weighted by molar-refractivity contribution is 0.305. The zero-order valence-electron chi connectivity index (χ0n) is 10.9. The van der Waals surface area contributed by atoms with Crippen LogP contribution in [0.15, 0.2) is 23.6 Å². The van der Waals surface area contributed by atoms with Crippen molar-refractivity contribution in [2.45, 2.75) is 32.3 Å². The van der Waals surface area contributed by atoms with Gasteiger partial charge in [-0.1, -0.05) is 6.07 Å². The van der Waals surface area contributed by atoms with Crippen molar-refractivity contribution >= 4 is 11.3 Å². The van der Waals surface area contributed by atoms with Gasteiger partial charge in [-0.3, -0.25) is 0 Å². The van der Waals surface area contributed by atoms with Crippen LogP contribution in [0.1, 0.15) is 28.2 Å². The van der Waals surface area contributed by atoms with Crippen LogP contribution >= 0.6 is 11.3 Å². The SMILES string of the molecule is NCCc1csc(COc2ccc3c(c2)CCC3)n1. The van der Waals surface area contributed by atoms with Crippen molar-refractivity contribution in [3.63, 3.8) is 0 Å². The summed E-state index contributed by atoms with van der Waals surface area (Å²) in [5, 5.41) is 3.08. The Bertz CT molecular complexity index is 565. The van der Waals surface area contributed by atoms with Gasteiger partial charge in [0.2, 0.25) is 0 Å². The van der Waals surface area contributed by atoms with Gasteiger partial charge in [-0.2, -0.15) is 0 Å². The normalized spacial score (nSPS) is 13.5. The second-order valence-electron chi connectivity index (χ2n) is 4.84. The largest absolute Gasteiger partial charge is 0.486 e. The van der Waals surface area contributed by atoms with Crippen molar-refractivity contribution in [3.8, 4) is 5.75 Å². The van der Waals surface area contributed by atoms with Gasteiger partial charge in [0.05, 0.1) is 5.69 Å². The van der Waals surface area contributed by atoms with Gasteiger partial charge < -0.3 is 10.5 Å². The molecule has 0 unspecified atom stereocenters. The molecular weight excluding hydrogens is 256 g/mol. The molecule has 1 aromatic heterocycles. The molecule has 0 saturated heterocycles. The highest BCUT2D eigenvalue weighted by Gasteiger charge is 2.11. The summed E-state index contributed by atoms with van der Waals surface area (Å²) in [7, 11) is 0. The van der Waals surface area contributed by atoms with E-state index in [4.69, 9.17) is 10.5 Å². The molecule has 0 saturated carbocycles. The van der Waals surface area contributed by atoms with Crippen LogP contribution < -0.4 is 10.5 Å². The molecule has 0 bridgehead atoms. The van der Waals surface area contributed by atoms with Gasteiger partial charge in [0.25, 0.3) is 0 Å². The molecule has 2 aromatic rings. The molecule has 0 amide bonds. The van der Waals surface area contributed by atoms with Gasteiger partial charge in [-0.15, -0.1) is 11.3 Å². The van der Waals surface area contributed by atoms with Crippen molar-refractivity contribution in [1.29, 1.82) is 0 Å². The second-order valence-corrected chi connectivity index (χ2v) is 5.79. The van der Waals surface area contributed by atoms with Crippen LogP contribution in [-0.4, -0.2) is 11.5 Å². The Morgan fingerprint density at radius 1 is 1.26 bits per heavy atom. The highest BCUT2D eigenvalue weighted by molar-refractivity contribution is 7.09. The summed E-state index contributed by atoms with van der Waals surface area (Å²) in [6.07, 6.45) is 4.51. The number of aryl methyl sites for hydroxylation is 2. The van der Waals surface area contributed by atoms with E-state index in [1.54, 1.807) is 11.3 Å². The third-order valence-corrected chi connectivity index (χ3v) is 4.30. The van der Waals surface area contributed by atoms with Crippen molar-refractivity contribution < 1.29 is 4.74 Å². The average Bonchev–Trinajstić information content (AvgIpc) is 3.04. The van der Waals surface area contributed by atoms with Crippen LogP contribution in [0.4, 0.5) is 0 Å². The molecule has 1 aliphatic carbocycles. The highest BCUT2D eigenvalue weighted by Crippen LogP contribution is 2.26. The van der Waals surface area contributed by atoms with Gasteiger partial charge in [0, 0.05) is 11.8 Å². The summed E-state index contributed by atoms with van der Waals surface area (Å²) in [4.78, 5) is 4.50. The molecule has 3 rings (SSSR count). The molecule has 0 atom stereocenters. The Balaban J connectivity index is 1.62. The van der Waals surface area contributed by atoms with E-state index < -0.39 is 0 Å². The summed E-state index contributed by atoms with van der Waals surface area (Å²) >= 11 is 1.64. The second kappa shape index (κ2) is 5.72. The number of fused-ring (bicyclic) bond motifs is 1. The minimum atomic E-state index is 0.550. The third-order valence-electron chi connectivity index (χ3n) is 3.43. The maximum atomic E-state index is 5.83. The topological polar surface area (TPSA) is 48.1 Å². The molecule has 0 fully saturated rings. The lowest BCUT2D eigenvalue weighted by atomic mass is 10.1. The maximum Gasteiger partial charge on any atom is 0.140 e. The van der Waals surface area contributed by atoms with E-state index in [1.165, 1.54) is 30.4 Å². The fourth-order valence-corrected chi connectivity index (χ4v) is 3.20. The van der Waals surface area contributed by atoms with Crippen LogP contribution in [0, 0.1) is 0 Å². The summed E-state index contributed by atoms with van der Waals surface area (Å²) in [5.74, 6) is 0.955. The van der Waals surface area contributed by atoms with Gasteiger partial charge in [0.15, 0.2) is 0 Å². The smallest absolute Gasteiger partial charge is 0.140 e. The Hall–Kier alpha value is -1.39. The minimum absolute atomic E-state index is 0.550. The third kappa shape index (κ3) is 2.96. The molecule has 1 aromatic carbocycles. The quantitative estimate of drug-likeness (QED) is 0.912. The van der Waals surface area contributed by atoms with Gasteiger partial charge in [0.1, 0.15) is 17.4 Å². The maximum absolute atomic E-state index is 5.83. The molecule has 100 valence electrons. The first-order chi connectivity index (χ1) is 9.35. The lowest BCUT2D eigenvalue weighted by Crippen LogP contribution is -2.03. The number of hydrogen-bond donors (Lipinski definition) is 1. The molecule has 2 N–H and O–H groups in total. The average molecular weight is 274 g/mol.